The highest BCUT2D eigenvalue weighted by molar-refractivity contribution is 7.11. The van der Waals surface area contributed by atoms with E-state index in [0.717, 1.165) is 22.0 Å². The van der Waals surface area contributed by atoms with Gasteiger partial charge in [-0.15, -0.1) is 11.3 Å². The van der Waals surface area contributed by atoms with Gasteiger partial charge in [-0.3, -0.25) is 0 Å². The Kier molecular flexibility index (Phi) is 2.54. The van der Waals surface area contributed by atoms with Gasteiger partial charge in [-0.2, -0.15) is 0 Å². The molecule has 0 saturated carbocycles. The number of thiazole rings is 1. The van der Waals surface area contributed by atoms with E-state index in [1.54, 1.807) is 25.2 Å². The highest BCUT2D eigenvalue weighted by Crippen LogP contribution is 2.29. The molecular weight excluding hydrogens is 170 g/mol. The predicted molar refractivity (Wildman–Crippen MR) is 51.5 cm³/mol. The summed E-state index contributed by atoms with van der Waals surface area (Å²) in [4.78, 5) is 5.34. The van der Waals surface area contributed by atoms with Gasteiger partial charge in [-0.05, 0) is 27.2 Å². The third-order valence-corrected chi connectivity index (χ3v) is 3.31. The van der Waals surface area contributed by atoms with Crippen LogP contribution in [0.3, 0.4) is 0 Å². The van der Waals surface area contributed by atoms with Gasteiger partial charge < -0.3 is 5.11 Å². The zero-order valence-corrected chi connectivity index (χ0v) is 8.83. The van der Waals surface area contributed by atoms with Crippen molar-refractivity contribution in [1.29, 1.82) is 0 Å². The number of aryl methyl sites for hydroxylation is 2. The summed E-state index contributed by atoms with van der Waals surface area (Å²) in [5.41, 5.74) is 0.221. The molecule has 0 bridgehead atoms. The van der Waals surface area contributed by atoms with Crippen LogP contribution in [0.15, 0.2) is 0 Å². The fraction of sp³-hybridized carbons (Fsp3) is 0.667. The smallest absolute Gasteiger partial charge is 0.0950 e. The molecule has 0 aliphatic rings. The molecule has 1 rings (SSSR count). The molecule has 3 heteroatoms. The summed E-state index contributed by atoms with van der Waals surface area (Å²) in [6, 6.07) is 0. The van der Waals surface area contributed by atoms with Gasteiger partial charge in [0.25, 0.3) is 0 Å². The molecule has 0 spiro atoms. The van der Waals surface area contributed by atoms with Gasteiger partial charge in [0.15, 0.2) is 0 Å². The van der Waals surface area contributed by atoms with Crippen molar-refractivity contribution in [2.24, 2.45) is 0 Å². The van der Waals surface area contributed by atoms with Crippen molar-refractivity contribution >= 4 is 11.3 Å². The molecule has 0 amide bonds. The van der Waals surface area contributed by atoms with Crippen molar-refractivity contribution in [3.8, 4) is 0 Å². The lowest BCUT2D eigenvalue weighted by molar-refractivity contribution is 0.0817. The average molecular weight is 185 g/mol. The Morgan fingerprint density at radius 1 is 1.50 bits per heavy atom. The third-order valence-electron chi connectivity index (χ3n) is 1.70. The highest BCUT2D eigenvalue weighted by atomic mass is 32.1. The van der Waals surface area contributed by atoms with Crippen molar-refractivity contribution < 1.29 is 5.11 Å². The molecule has 12 heavy (non-hydrogen) atoms. The second-order valence-electron chi connectivity index (χ2n) is 3.43. The van der Waals surface area contributed by atoms with Crippen LogP contribution in [-0.2, 0) is 12.0 Å². The summed E-state index contributed by atoms with van der Waals surface area (Å²) < 4.78 is 0. The fourth-order valence-corrected chi connectivity index (χ4v) is 2.18. The Bertz CT molecular complexity index is 273. The van der Waals surface area contributed by atoms with Gasteiger partial charge in [0.2, 0.25) is 0 Å². The van der Waals surface area contributed by atoms with Crippen molar-refractivity contribution in [2.75, 3.05) is 0 Å². The summed E-state index contributed by atoms with van der Waals surface area (Å²) in [6.45, 7) is 7.62. The van der Waals surface area contributed by atoms with E-state index in [4.69, 9.17) is 0 Å². The Morgan fingerprint density at radius 2 is 2.08 bits per heavy atom. The average Bonchev–Trinajstić information content (AvgIpc) is 2.29. The van der Waals surface area contributed by atoms with Crippen LogP contribution >= 0.6 is 11.3 Å². The van der Waals surface area contributed by atoms with Crippen molar-refractivity contribution in [3.05, 3.63) is 15.6 Å². The van der Waals surface area contributed by atoms with E-state index in [2.05, 4.69) is 11.9 Å². The van der Waals surface area contributed by atoms with Crippen LogP contribution in [0, 0.1) is 6.92 Å². The Balaban J connectivity index is 3.08. The molecule has 0 fully saturated rings. The van der Waals surface area contributed by atoms with Crippen molar-refractivity contribution in [3.63, 3.8) is 0 Å². The molecule has 1 aromatic rings. The first-order valence-corrected chi connectivity index (χ1v) is 4.96. The first-order valence-electron chi connectivity index (χ1n) is 4.14. The number of nitrogens with zero attached hydrogens (tertiary/aromatic N) is 1. The maximum atomic E-state index is 9.75. The quantitative estimate of drug-likeness (QED) is 0.766. The zero-order valence-electron chi connectivity index (χ0n) is 8.01. The largest absolute Gasteiger partial charge is 0.385 e. The van der Waals surface area contributed by atoms with E-state index < -0.39 is 5.60 Å². The van der Waals surface area contributed by atoms with E-state index in [-0.39, 0.29) is 0 Å². The molecule has 1 N–H and O–H groups in total. The van der Waals surface area contributed by atoms with Crippen molar-refractivity contribution in [1.82, 2.24) is 4.98 Å². The van der Waals surface area contributed by atoms with Crippen LogP contribution in [-0.4, -0.2) is 10.1 Å². The molecule has 0 saturated heterocycles. The lowest BCUT2D eigenvalue weighted by Gasteiger charge is -2.14. The third kappa shape index (κ3) is 1.84. The van der Waals surface area contributed by atoms with E-state index in [1.165, 1.54) is 0 Å². The summed E-state index contributed by atoms with van der Waals surface area (Å²) >= 11 is 1.61. The minimum absolute atomic E-state index is 0.741. The molecule has 0 aliphatic carbocycles. The van der Waals surface area contributed by atoms with Gasteiger partial charge in [0.05, 0.1) is 21.2 Å². The zero-order chi connectivity index (χ0) is 9.35. The molecule has 0 atom stereocenters. The van der Waals surface area contributed by atoms with Gasteiger partial charge in [-0.25, -0.2) is 4.98 Å². The van der Waals surface area contributed by atoms with E-state index in [0.29, 0.717) is 0 Å². The summed E-state index contributed by atoms with van der Waals surface area (Å²) in [5.74, 6) is 0. The van der Waals surface area contributed by atoms with Crippen LogP contribution in [0.25, 0.3) is 0 Å². The lowest BCUT2D eigenvalue weighted by Crippen LogP contribution is -2.14. The Hall–Kier alpha value is -0.410. The van der Waals surface area contributed by atoms with Crippen LogP contribution in [0.4, 0.5) is 0 Å². The number of hydrogen-bond acceptors (Lipinski definition) is 3. The number of aromatic nitrogens is 1. The van der Waals surface area contributed by atoms with Crippen LogP contribution < -0.4 is 0 Å². The second kappa shape index (κ2) is 3.15. The van der Waals surface area contributed by atoms with Crippen LogP contribution in [0.5, 0.6) is 0 Å². The molecule has 0 unspecified atom stereocenters. The maximum absolute atomic E-state index is 9.75. The van der Waals surface area contributed by atoms with Crippen LogP contribution in [0.2, 0.25) is 0 Å². The number of rotatable bonds is 2. The molecule has 1 aromatic heterocycles. The molecule has 68 valence electrons. The second-order valence-corrected chi connectivity index (χ2v) is 4.52. The predicted octanol–water partition coefficient (Wildman–Crippen LogP) is 2.24. The number of aliphatic hydroxyl groups is 1. The molecule has 0 aliphatic heterocycles. The maximum Gasteiger partial charge on any atom is 0.0950 e. The topological polar surface area (TPSA) is 33.1 Å². The van der Waals surface area contributed by atoms with Gasteiger partial charge in [-0.1, -0.05) is 6.92 Å². The monoisotopic (exact) mass is 185 g/mol. The summed E-state index contributed by atoms with van der Waals surface area (Å²) in [7, 11) is 0. The van der Waals surface area contributed by atoms with Gasteiger partial charge >= 0.3 is 0 Å². The highest BCUT2D eigenvalue weighted by Gasteiger charge is 2.22. The fourth-order valence-electron chi connectivity index (χ4n) is 1.17. The van der Waals surface area contributed by atoms with Crippen molar-refractivity contribution in [2.45, 2.75) is 39.7 Å². The molecule has 1 heterocycles. The first-order chi connectivity index (χ1) is 5.45. The Labute approximate surface area is 77.3 Å². The van der Waals surface area contributed by atoms with Crippen LogP contribution in [0.1, 0.15) is 36.3 Å². The lowest BCUT2D eigenvalue weighted by atomic mass is 10.1. The Morgan fingerprint density at radius 3 is 2.33 bits per heavy atom. The summed E-state index contributed by atoms with van der Waals surface area (Å²) in [5, 5.41) is 10.9. The van der Waals surface area contributed by atoms with E-state index >= 15 is 0 Å². The van der Waals surface area contributed by atoms with Gasteiger partial charge in [0.1, 0.15) is 0 Å². The molecular formula is C9H15NOS. The summed E-state index contributed by atoms with van der Waals surface area (Å²) in [6.07, 6.45) is 0.946. The molecule has 0 aromatic carbocycles. The van der Waals surface area contributed by atoms with E-state index in [9.17, 15) is 5.11 Å². The minimum atomic E-state index is -0.741. The van der Waals surface area contributed by atoms with Gasteiger partial charge in [0, 0.05) is 0 Å². The first kappa shape index (κ1) is 9.68. The number of hydrogen-bond donors (Lipinski definition) is 1. The normalized spacial score (nSPS) is 12.1. The SMILES string of the molecule is CCc1nc(C)c(C(C)(C)O)s1. The molecule has 2 nitrogen and oxygen atoms in total. The minimum Gasteiger partial charge on any atom is -0.385 e. The standard InChI is InChI=1S/C9H15NOS/c1-5-7-10-6(2)8(12-7)9(3,4)11/h11H,5H2,1-4H3. The molecule has 0 radical (unpaired) electrons. The van der Waals surface area contributed by atoms with E-state index in [1.807, 2.05) is 6.92 Å².